The molecule has 0 bridgehead atoms. The molecule has 0 radical (unpaired) electrons. The van der Waals surface area contributed by atoms with Crippen LogP contribution in [0.1, 0.15) is 67.2 Å². The molecule has 2 rings (SSSR count). The Kier molecular flexibility index (Phi) is 12.9. The van der Waals surface area contributed by atoms with Gasteiger partial charge in [-0.25, -0.2) is 8.78 Å². The van der Waals surface area contributed by atoms with E-state index in [1.807, 2.05) is 6.08 Å². The molecule has 2 unspecified atom stereocenters. The van der Waals surface area contributed by atoms with Gasteiger partial charge in [-0.15, -0.1) is 11.6 Å². The highest BCUT2D eigenvalue weighted by Crippen LogP contribution is 2.42. The van der Waals surface area contributed by atoms with Crippen LogP contribution in [0.5, 0.6) is 0 Å². The van der Waals surface area contributed by atoms with Crippen LogP contribution in [-0.2, 0) is 8.85 Å². The lowest BCUT2D eigenvalue weighted by molar-refractivity contribution is 0.131. The van der Waals surface area contributed by atoms with Gasteiger partial charge in [-0.2, -0.15) is 0 Å². The van der Waals surface area contributed by atoms with E-state index in [0.717, 1.165) is 17.6 Å². The number of rotatable bonds is 6. The van der Waals surface area contributed by atoms with Crippen molar-refractivity contribution in [3.8, 4) is 0 Å². The lowest BCUT2D eigenvalue weighted by Gasteiger charge is -2.41. The predicted octanol–water partition coefficient (Wildman–Crippen LogP) is 9.21. The quantitative estimate of drug-likeness (QED) is 0.247. The van der Waals surface area contributed by atoms with Gasteiger partial charge in [0.1, 0.15) is 12.3 Å². The number of hydrogen-bond acceptors (Lipinski definition) is 3. The highest BCUT2D eigenvalue weighted by Gasteiger charge is 2.42. The fourth-order valence-corrected chi connectivity index (χ4v) is 6.99. The Balaban J connectivity index is 0.000000380. The van der Waals surface area contributed by atoms with Gasteiger partial charge in [0.15, 0.2) is 16.6 Å². The Bertz CT molecular complexity index is 813. The van der Waals surface area contributed by atoms with Gasteiger partial charge in [0.25, 0.3) is 0 Å². The molecule has 0 heterocycles. The summed E-state index contributed by atoms with van der Waals surface area (Å²) in [6.45, 7) is 29.4. The van der Waals surface area contributed by atoms with Crippen LogP contribution < -0.4 is 0 Å². The summed E-state index contributed by atoms with van der Waals surface area (Å²) >= 11 is 5.73. The van der Waals surface area contributed by atoms with Crippen molar-refractivity contribution < 1.29 is 22.7 Å². The Labute approximate surface area is 238 Å². The number of hydrogen-bond donors (Lipinski definition) is 1. The number of allylic oxidation sites excluding steroid dienone is 3. The highest BCUT2D eigenvalue weighted by atomic mass is 35.5. The van der Waals surface area contributed by atoms with Gasteiger partial charge in [0.2, 0.25) is 0 Å². The molecule has 38 heavy (non-hydrogen) atoms. The van der Waals surface area contributed by atoms with Crippen molar-refractivity contribution >= 4 is 28.2 Å². The molecular formula is C30H53ClF2O3Si2. The fourth-order valence-electron chi connectivity index (χ4n) is 4.07. The van der Waals surface area contributed by atoms with Gasteiger partial charge in [0, 0.05) is 18.7 Å². The first-order valence-corrected chi connectivity index (χ1v) is 20.1. The first kappa shape index (κ1) is 35.5. The van der Waals surface area contributed by atoms with E-state index in [2.05, 4.69) is 80.9 Å². The third kappa shape index (κ3) is 9.81. The second kappa shape index (κ2) is 13.9. The molecule has 0 saturated heterocycles. The summed E-state index contributed by atoms with van der Waals surface area (Å²) in [6.07, 6.45) is 3.51. The molecule has 0 aliphatic heterocycles. The molecule has 2 saturated carbocycles. The molecule has 0 amide bonds. The molecule has 3 nitrogen and oxygen atoms in total. The van der Waals surface area contributed by atoms with Crippen molar-refractivity contribution in [1.82, 2.24) is 0 Å². The van der Waals surface area contributed by atoms with Crippen LogP contribution in [0, 0.1) is 0 Å². The maximum atomic E-state index is 14.0. The lowest BCUT2D eigenvalue weighted by Crippen LogP contribution is -2.45. The molecule has 0 aromatic heterocycles. The zero-order valence-electron chi connectivity index (χ0n) is 25.5. The Hall–Kier alpha value is -0.576. The average molecular weight is 591 g/mol. The summed E-state index contributed by atoms with van der Waals surface area (Å²) in [6, 6.07) is 0. The largest absolute Gasteiger partial charge is 0.413 e. The number of aliphatic hydroxyl groups is 1. The SMILES string of the molecule is C=C1/C(=C\CCl)CC(O[Si](C)(C)C(C)(C)C)C[C@@H]1F.C=C1/C(=C\CO)CC(O[Si](C)(C)C(C)(C)C)C[C@@H]1F. The summed E-state index contributed by atoms with van der Waals surface area (Å²) in [5.41, 5.74) is 2.82. The van der Waals surface area contributed by atoms with Crippen LogP contribution in [-0.4, -0.2) is 58.8 Å². The van der Waals surface area contributed by atoms with E-state index in [0.29, 0.717) is 36.3 Å². The van der Waals surface area contributed by atoms with Crippen molar-refractivity contribution in [2.75, 3.05) is 12.5 Å². The zero-order valence-corrected chi connectivity index (χ0v) is 28.3. The van der Waals surface area contributed by atoms with E-state index in [9.17, 15) is 8.78 Å². The molecule has 8 heteroatoms. The van der Waals surface area contributed by atoms with Crippen molar-refractivity contribution in [3.63, 3.8) is 0 Å². The van der Waals surface area contributed by atoms with Crippen molar-refractivity contribution in [1.29, 1.82) is 0 Å². The number of aliphatic hydroxyl groups excluding tert-OH is 1. The van der Waals surface area contributed by atoms with Crippen molar-refractivity contribution in [2.45, 2.75) is 128 Å². The van der Waals surface area contributed by atoms with E-state index in [-0.39, 0.29) is 28.9 Å². The molecule has 0 aromatic rings. The van der Waals surface area contributed by atoms with Crippen LogP contribution in [0.15, 0.2) is 47.6 Å². The van der Waals surface area contributed by atoms with Gasteiger partial charge in [-0.05, 0) is 71.4 Å². The van der Waals surface area contributed by atoms with Gasteiger partial charge in [0.05, 0.1) is 18.8 Å². The topological polar surface area (TPSA) is 38.7 Å². The Morgan fingerprint density at radius 1 is 0.816 bits per heavy atom. The lowest BCUT2D eigenvalue weighted by atomic mass is 9.87. The summed E-state index contributed by atoms with van der Waals surface area (Å²) in [4.78, 5) is 0. The first-order chi connectivity index (χ1) is 17.2. The average Bonchev–Trinajstić information content (AvgIpc) is 2.74. The van der Waals surface area contributed by atoms with Gasteiger partial charge in [-0.3, -0.25) is 0 Å². The first-order valence-electron chi connectivity index (χ1n) is 13.7. The van der Waals surface area contributed by atoms with Gasteiger partial charge < -0.3 is 14.0 Å². The summed E-state index contributed by atoms with van der Waals surface area (Å²) in [5, 5.41) is 9.26. The molecular weight excluding hydrogens is 538 g/mol. The minimum atomic E-state index is -1.88. The second-order valence-corrected chi connectivity index (χ2v) is 23.5. The smallest absolute Gasteiger partial charge is 0.192 e. The van der Waals surface area contributed by atoms with E-state index in [1.165, 1.54) is 0 Å². The minimum absolute atomic E-state index is 0.0455. The molecule has 0 spiro atoms. The van der Waals surface area contributed by atoms with Gasteiger partial charge in [-0.1, -0.05) is 66.9 Å². The maximum absolute atomic E-state index is 14.0. The normalized spacial score (nSPS) is 27.9. The molecule has 220 valence electrons. The third-order valence-corrected chi connectivity index (χ3v) is 17.8. The highest BCUT2D eigenvalue weighted by molar-refractivity contribution is 6.74. The summed E-state index contributed by atoms with van der Waals surface area (Å²) in [5.74, 6) is 0.397. The molecule has 0 aromatic carbocycles. The van der Waals surface area contributed by atoms with Crippen LogP contribution in [0.4, 0.5) is 8.78 Å². The summed E-state index contributed by atoms with van der Waals surface area (Å²) < 4.78 is 40.6. The Morgan fingerprint density at radius 3 is 1.45 bits per heavy atom. The Morgan fingerprint density at radius 2 is 1.16 bits per heavy atom. The van der Waals surface area contributed by atoms with Crippen LogP contribution in [0.25, 0.3) is 0 Å². The molecule has 2 fully saturated rings. The van der Waals surface area contributed by atoms with Crippen LogP contribution in [0.3, 0.4) is 0 Å². The zero-order chi connectivity index (χ0) is 29.7. The second-order valence-electron chi connectivity index (χ2n) is 13.7. The van der Waals surface area contributed by atoms with E-state index >= 15 is 0 Å². The van der Waals surface area contributed by atoms with Crippen LogP contribution in [0.2, 0.25) is 36.3 Å². The minimum Gasteiger partial charge on any atom is -0.413 e. The van der Waals surface area contributed by atoms with Gasteiger partial charge >= 0.3 is 0 Å². The maximum Gasteiger partial charge on any atom is 0.192 e. The predicted molar refractivity (Wildman–Crippen MR) is 165 cm³/mol. The monoisotopic (exact) mass is 590 g/mol. The number of alkyl halides is 3. The van der Waals surface area contributed by atoms with E-state index < -0.39 is 29.0 Å². The molecule has 2 aliphatic carbocycles. The number of halogens is 3. The molecule has 1 N–H and O–H groups in total. The van der Waals surface area contributed by atoms with E-state index in [1.54, 1.807) is 6.08 Å². The van der Waals surface area contributed by atoms with Crippen LogP contribution >= 0.6 is 11.6 Å². The summed E-state index contributed by atoms with van der Waals surface area (Å²) in [7, 11) is -3.74. The molecule has 2 aliphatic rings. The fraction of sp³-hybridized carbons (Fsp3) is 0.733. The molecule has 4 atom stereocenters. The third-order valence-electron chi connectivity index (χ3n) is 8.61. The van der Waals surface area contributed by atoms with E-state index in [4.69, 9.17) is 25.6 Å². The van der Waals surface area contributed by atoms with Crippen molar-refractivity contribution in [2.24, 2.45) is 0 Å². The van der Waals surface area contributed by atoms with Crippen molar-refractivity contribution in [3.05, 3.63) is 47.6 Å². The standard InChI is InChI=1S/C15H26ClFOSi.C15H27FO2Si/c1-11-12(7-8-16)9-13(10-14(11)17)18-19(5,6)15(2,3)4;1-11-12(7-8-17)9-13(10-14(11)16)18-19(5,6)15(2,3)4/h7,13-14H,1,8-10H2,2-6H3;7,13-14,17H,1,8-10H2,2-6H3/b2*12-7-/t2*13?,14-/m00/s1.